The Labute approximate surface area is 118 Å². The Morgan fingerprint density at radius 2 is 1.89 bits per heavy atom. The van der Waals surface area contributed by atoms with Gasteiger partial charge in [-0.3, -0.25) is 0 Å². The van der Waals surface area contributed by atoms with Crippen LogP contribution in [0, 0.1) is 5.92 Å². The summed E-state index contributed by atoms with van der Waals surface area (Å²) < 4.78 is 0. The zero-order valence-electron chi connectivity index (χ0n) is 11.7. The van der Waals surface area contributed by atoms with Crippen LogP contribution in [0.2, 0.25) is 0 Å². The van der Waals surface area contributed by atoms with Gasteiger partial charge in [0.05, 0.1) is 0 Å². The average Bonchev–Trinajstić information content (AvgIpc) is 2.48. The number of hydrogen-bond acceptors (Lipinski definition) is 0. The molecule has 1 aromatic carbocycles. The van der Waals surface area contributed by atoms with Crippen LogP contribution >= 0.6 is 0 Å². The molecular formula is C18H21B. The van der Waals surface area contributed by atoms with Gasteiger partial charge in [-0.2, -0.15) is 0 Å². The van der Waals surface area contributed by atoms with E-state index >= 15 is 0 Å². The molecular weight excluding hydrogens is 227 g/mol. The van der Waals surface area contributed by atoms with E-state index in [-0.39, 0.29) is 5.41 Å². The van der Waals surface area contributed by atoms with Gasteiger partial charge in [-0.25, -0.2) is 0 Å². The van der Waals surface area contributed by atoms with Crippen molar-refractivity contribution in [2.45, 2.75) is 44.4 Å². The molecule has 0 spiro atoms. The van der Waals surface area contributed by atoms with Crippen molar-refractivity contribution >= 4 is 13.4 Å². The van der Waals surface area contributed by atoms with E-state index in [1.165, 1.54) is 43.2 Å². The van der Waals surface area contributed by atoms with Gasteiger partial charge < -0.3 is 0 Å². The fourth-order valence-corrected chi connectivity index (χ4v) is 4.07. The summed E-state index contributed by atoms with van der Waals surface area (Å²) in [4.78, 5) is 0. The van der Waals surface area contributed by atoms with Crippen molar-refractivity contribution < 1.29 is 0 Å². The van der Waals surface area contributed by atoms with Gasteiger partial charge in [0.1, 0.15) is 7.85 Å². The van der Waals surface area contributed by atoms with Crippen LogP contribution in [0.15, 0.2) is 42.4 Å². The molecule has 2 radical (unpaired) electrons. The smallest absolute Gasteiger partial charge is 0.102 e. The van der Waals surface area contributed by atoms with Gasteiger partial charge in [-0.05, 0) is 35.5 Å². The second kappa shape index (κ2) is 5.04. The Balaban J connectivity index is 2.03. The molecule has 1 aromatic rings. The van der Waals surface area contributed by atoms with Gasteiger partial charge in [-0.1, -0.05) is 62.6 Å². The van der Waals surface area contributed by atoms with Gasteiger partial charge >= 0.3 is 0 Å². The highest BCUT2D eigenvalue weighted by Crippen LogP contribution is 2.58. The SMILES string of the molecule is [B]/C=C\C=C1/c2ccccc2C1(C)C1CCCCC1. The first kappa shape index (κ1) is 12.8. The summed E-state index contributed by atoms with van der Waals surface area (Å²) in [6.07, 6.45) is 11.1. The van der Waals surface area contributed by atoms with E-state index in [1.54, 1.807) is 11.5 Å². The van der Waals surface area contributed by atoms with Crippen molar-refractivity contribution in [2.24, 2.45) is 5.92 Å². The lowest BCUT2D eigenvalue weighted by Crippen LogP contribution is -2.42. The molecule has 96 valence electrons. The number of fused-ring (bicyclic) bond motifs is 1. The molecule has 3 rings (SSSR count). The minimum Gasteiger partial charge on any atom is -0.132 e. The topological polar surface area (TPSA) is 0 Å². The number of hydrogen-bond donors (Lipinski definition) is 0. The first-order valence-corrected chi connectivity index (χ1v) is 7.47. The number of benzene rings is 1. The summed E-state index contributed by atoms with van der Waals surface area (Å²) >= 11 is 0. The quantitative estimate of drug-likeness (QED) is 0.671. The van der Waals surface area contributed by atoms with E-state index < -0.39 is 0 Å². The van der Waals surface area contributed by atoms with Crippen molar-refractivity contribution in [1.29, 1.82) is 0 Å². The summed E-state index contributed by atoms with van der Waals surface area (Å²) in [6.45, 7) is 2.43. The summed E-state index contributed by atoms with van der Waals surface area (Å²) in [5, 5.41) is 0. The van der Waals surface area contributed by atoms with Crippen LogP contribution < -0.4 is 0 Å². The Morgan fingerprint density at radius 3 is 2.63 bits per heavy atom. The van der Waals surface area contributed by atoms with Crippen molar-refractivity contribution in [2.75, 3.05) is 0 Å². The Hall–Kier alpha value is -1.24. The predicted molar refractivity (Wildman–Crippen MR) is 83.2 cm³/mol. The molecule has 0 nitrogen and oxygen atoms in total. The highest BCUT2D eigenvalue weighted by Gasteiger charge is 2.48. The van der Waals surface area contributed by atoms with Crippen LogP contribution in [0.1, 0.15) is 50.2 Å². The molecule has 1 atom stereocenters. The molecule has 2 aliphatic carbocycles. The molecule has 19 heavy (non-hydrogen) atoms. The summed E-state index contributed by atoms with van der Waals surface area (Å²) in [5.74, 6) is 2.43. The third-order valence-corrected chi connectivity index (χ3v) is 5.13. The lowest BCUT2D eigenvalue weighted by molar-refractivity contribution is 0.258. The Bertz CT molecular complexity index is 520. The van der Waals surface area contributed by atoms with E-state index in [9.17, 15) is 0 Å². The van der Waals surface area contributed by atoms with Gasteiger partial charge in [0.15, 0.2) is 0 Å². The standard InChI is InChI=1S/C18H21B/c1-18(14-8-3-2-4-9-14)16-11-6-5-10-15(16)17(18)12-7-13-19/h5-7,10-14H,2-4,8-9H2,1H3/b13-7-,17-12+. The fraction of sp³-hybridized carbons (Fsp3) is 0.444. The zero-order chi connectivity index (χ0) is 13.3. The highest BCUT2D eigenvalue weighted by atomic mass is 14.5. The molecule has 0 saturated heterocycles. The van der Waals surface area contributed by atoms with Crippen molar-refractivity contribution in [1.82, 2.24) is 0 Å². The molecule has 1 saturated carbocycles. The monoisotopic (exact) mass is 248 g/mol. The Morgan fingerprint density at radius 1 is 1.16 bits per heavy atom. The minimum absolute atomic E-state index is 0.247. The van der Waals surface area contributed by atoms with E-state index in [2.05, 4.69) is 37.3 Å². The Kier molecular flexibility index (Phi) is 3.39. The normalized spacial score (nSPS) is 29.4. The van der Waals surface area contributed by atoms with Crippen LogP contribution in [-0.2, 0) is 5.41 Å². The van der Waals surface area contributed by atoms with Crippen LogP contribution in [0.3, 0.4) is 0 Å². The van der Waals surface area contributed by atoms with Crippen LogP contribution in [0.4, 0.5) is 0 Å². The predicted octanol–water partition coefficient (Wildman–Crippen LogP) is 4.60. The molecule has 1 unspecified atom stereocenters. The second-order valence-corrected chi connectivity index (χ2v) is 6.05. The molecule has 2 aliphatic rings. The van der Waals surface area contributed by atoms with Gasteiger partial charge in [-0.15, -0.1) is 5.98 Å². The maximum absolute atomic E-state index is 5.52. The van der Waals surface area contributed by atoms with E-state index in [0.29, 0.717) is 0 Å². The van der Waals surface area contributed by atoms with Gasteiger partial charge in [0.25, 0.3) is 0 Å². The fourth-order valence-electron chi connectivity index (χ4n) is 4.07. The third-order valence-electron chi connectivity index (χ3n) is 5.13. The summed E-state index contributed by atoms with van der Waals surface area (Å²) in [5.41, 5.74) is 4.69. The molecule has 0 N–H and O–H groups in total. The van der Waals surface area contributed by atoms with Crippen LogP contribution in [0.25, 0.3) is 5.57 Å². The van der Waals surface area contributed by atoms with Crippen LogP contribution in [0.5, 0.6) is 0 Å². The summed E-state index contributed by atoms with van der Waals surface area (Å²) in [7, 11) is 5.52. The maximum atomic E-state index is 5.52. The number of rotatable bonds is 2. The first-order chi connectivity index (χ1) is 9.28. The van der Waals surface area contributed by atoms with Crippen LogP contribution in [-0.4, -0.2) is 7.85 Å². The van der Waals surface area contributed by atoms with Crippen molar-refractivity contribution in [3.8, 4) is 0 Å². The van der Waals surface area contributed by atoms with Crippen molar-refractivity contribution in [3.05, 3.63) is 53.5 Å². The van der Waals surface area contributed by atoms with E-state index in [4.69, 9.17) is 7.85 Å². The molecule has 0 bridgehead atoms. The lowest BCUT2D eigenvalue weighted by Gasteiger charge is -2.50. The van der Waals surface area contributed by atoms with Crippen molar-refractivity contribution in [3.63, 3.8) is 0 Å². The molecule has 0 amide bonds. The van der Waals surface area contributed by atoms with E-state index in [0.717, 1.165) is 5.92 Å². The molecule has 1 heteroatoms. The lowest BCUT2D eigenvalue weighted by atomic mass is 9.53. The minimum atomic E-state index is 0.247. The highest BCUT2D eigenvalue weighted by molar-refractivity contribution is 6.17. The first-order valence-electron chi connectivity index (χ1n) is 7.47. The molecule has 0 heterocycles. The molecule has 0 aliphatic heterocycles. The van der Waals surface area contributed by atoms with E-state index in [1.807, 2.05) is 6.08 Å². The van der Waals surface area contributed by atoms with Gasteiger partial charge in [0.2, 0.25) is 0 Å². The van der Waals surface area contributed by atoms with Gasteiger partial charge in [0, 0.05) is 5.41 Å². The maximum Gasteiger partial charge on any atom is 0.102 e. The molecule has 0 aromatic heterocycles. The average molecular weight is 248 g/mol. The summed E-state index contributed by atoms with van der Waals surface area (Å²) in [6, 6.07) is 8.87. The zero-order valence-corrected chi connectivity index (χ0v) is 11.7. The second-order valence-electron chi connectivity index (χ2n) is 6.05. The third kappa shape index (κ3) is 1.91. The largest absolute Gasteiger partial charge is 0.132 e. The molecule has 1 fully saturated rings. The number of allylic oxidation sites excluding steroid dienone is 3.